The number of rotatable bonds is 6. The van der Waals surface area contributed by atoms with Gasteiger partial charge in [-0.2, -0.15) is 13.2 Å². The smallest absolute Gasteiger partial charge is 0.423 e. The summed E-state index contributed by atoms with van der Waals surface area (Å²) < 4.78 is 46.0. The summed E-state index contributed by atoms with van der Waals surface area (Å²) in [5.41, 5.74) is 4.93. The molecule has 0 saturated carbocycles. The quantitative estimate of drug-likeness (QED) is 0.593. The fourth-order valence-corrected chi connectivity index (χ4v) is 2.70. The van der Waals surface area contributed by atoms with Crippen molar-refractivity contribution in [3.8, 4) is 11.5 Å². The number of carbonyl (C=O) groups excluding carboxylic acids is 1. The summed E-state index contributed by atoms with van der Waals surface area (Å²) in [4.78, 5) is 12.3. The van der Waals surface area contributed by atoms with Crippen molar-refractivity contribution in [1.82, 2.24) is 0 Å². The van der Waals surface area contributed by atoms with Crippen LogP contribution in [0, 0.1) is 5.41 Å². The normalized spacial score (nSPS) is 11.7. The first-order valence-electron chi connectivity index (χ1n) is 8.79. The van der Waals surface area contributed by atoms with Gasteiger partial charge in [0.1, 0.15) is 23.7 Å². The summed E-state index contributed by atoms with van der Waals surface area (Å²) >= 11 is 0. The van der Waals surface area contributed by atoms with Crippen LogP contribution in [0.5, 0.6) is 11.5 Å². The van der Waals surface area contributed by atoms with Gasteiger partial charge in [0.2, 0.25) is 0 Å². The maximum atomic E-state index is 13.5. The van der Waals surface area contributed by atoms with Gasteiger partial charge in [0.25, 0.3) is 0 Å². The average molecular weight is 432 g/mol. The van der Waals surface area contributed by atoms with Crippen LogP contribution in [0.15, 0.2) is 36.4 Å². The lowest BCUT2D eigenvalue weighted by Gasteiger charge is -2.20. The molecule has 2 aromatic rings. The first-order valence-corrected chi connectivity index (χ1v) is 8.79. The van der Waals surface area contributed by atoms with Crippen molar-refractivity contribution >= 4 is 18.2 Å². The van der Waals surface area contributed by atoms with Crippen molar-refractivity contribution in [2.45, 2.75) is 46.5 Å². The van der Waals surface area contributed by atoms with E-state index in [2.05, 4.69) is 0 Å². The predicted molar refractivity (Wildman–Crippen MR) is 107 cm³/mol. The highest BCUT2D eigenvalue weighted by atomic mass is 35.5. The van der Waals surface area contributed by atoms with Gasteiger partial charge in [-0.3, -0.25) is 4.79 Å². The van der Waals surface area contributed by atoms with Gasteiger partial charge in [0, 0.05) is 13.0 Å². The number of phenols is 1. The van der Waals surface area contributed by atoms with E-state index in [0.29, 0.717) is 12.1 Å². The number of hydrogen-bond donors (Lipinski definition) is 2. The molecule has 0 atom stereocenters. The van der Waals surface area contributed by atoms with Crippen LogP contribution >= 0.6 is 12.4 Å². The van der Waals surface area contributed by atoms with Crippen LogP contribution in [0.4, 0.5) is 13.2 Å². The average Bonchev–Trinajstić information content (AvgIpc) is 2.57. The number of ketones is 1. The topological polar surface area (TPSA) is 72.5 Å². The second-order valence-corrected chi connectivity index (χ2v) is 7.80. The summed E-state index contributed by atoms with van der Waals surface area (Å²) in [5, 5.41) is 10.2. The molecule has 8 heteroatoms. The highest BCUT2D eigenvalue weighted by Gasteiger charge is 2.40. The van der Waals surface area contributed by atoms with Crippen LogP contribution in [-0.4, -0.2) is 10.9 Å². The molecule has 0 aliphatic rings. The molecule has 0 saturated heterocycles. The van der Waals surface area contributed by atoms with Gasteiger partial charge in [0.05, 0.1) is 5.56 Å². The largest absolute Gasteiger partial charge is 0.506 e. The number of alkyl halides is 3. The third kappa shape index (κ3) is 6.65. The minimum Gasteiger partial charge on any atom is -0.506 e. The maximum Gasteiger partial charge on any atom is 0.423 e. The van der Waals surface area contributed by atoms with Crippen LogP contribution in [0.25, 0.3) is 0 Å². The number of nitrogens with two attached hydrogens (primary N) is 1. The van der Waals surface area contributed by atoms with Crippen LogP contribution in [0.3, 0.4) is 0 Å². The molecular weight excluding hydrogens is 407 g/mol. The summed E-state index contributed by atoms with van der Waals surface area (Å²) in [6.07, 6.45) is -4.87. The van der Waals surface area contributed by atoms with Crippen molar-refractivity contribution < 1.29 is 27.8 Å². The van der Waals surface area contributed by atoms with E-state index in [-0.39, 0.29) is 31.0 Å². The number of phenolic OH excluding ortho intramolecular Hbond substituents is 1. The lowest BCUT2D eigenvalue weighted by Crippen LogP contribution is -2.15. The Kier molecular flexibility index (Phi) is 8.12. The third-order valence-electron chi connectivity index (χ3n) is 4.07. The number of benzene rings is 2. The molecule has 2 rings (SSSR count). The predicted octanol–water partition coefficient (Wildman–Crippen LogP) is 5.49. The molecule has 160 valence electrons. The molecule has 4 nitrogen and oxygen atoms in total. The molecule has 0 bridgehead atoms. The number of Topliss-reactive ketones (excluding diaryl/α,β-unsaturated/α-hetero) is 1. The SMILES string of the molecule is CC(C)(C)CC(=O)c1ccc(OCc2ccc(CN)cc2)c(C(F)(F)F)c1O.Cl. The van der Waals surface area contributed by atoms with Crippen LogP contribution in [0.2, 0.25) is 0 Å². The number of carbonyl (C=O) groups is 1. The maximum absolute atomic E-state index is 13.5. The monoisotopic (exact) mass is 431 g/mol. The summed E-state index contributed by atoms with van der Waals surface area (Å²) in [5.74, 6) is -2.18. The Labute approximate surface area is 174 Å². The van der Waals surface area contributed by atoms with E-state index >= 15 is 0 Å². The van der Waals surface area contributed by atoms with E-state index < -0.39 is 34.4 Å². The molecule has 0 radical (unpaired) electrons. The van der Waals surface area contributed by atoms with Crippen molar-refractivity contribution in [3.63, 3.8) is 0 Å². The molecule has 2 aromatic carbocycles. The van der Waals surface area contributed by atoms with E-state index in [9.17, 15) is 23.1 Å². The minimum absolute atomic E-state index is 0. The molecule has 0 heterocycles. The second-order valence-electron chi connectivity index (χ2n) is 7.80. The van der Waals surface area contributed by atoms with E-state index in [1.54, 1.807) is 45.0 Å². The number of ether oxygens (including phenoxy) is 1. The van der Waals surface area contributed by atoms with Gasteiger partial charge < -0.3 is 15.6 Å². The van der Waals surface area contributed by atoms with Crippen molar-refractivity contribution in [2.24, 2.45) is 11.1 Å². The molecule has 29 heavy (non-hydrogen) atoms. The van der Waals surface area contributed by atoms with Crippen molar-refractivity contribution in [3.05, 3.63) is 58.7 Å². The van der Waals surface area contributed by atoms with E-state index in [1.807, 2.05) is 0 Å². The number of halogens is 4. The third-order valence-corrected chi connectivity index (χ3v) is 4.07. The zero-order valence-electron chi connectivity index (χ0n) is 16.5. The number of hydrogen-bond acceptors (Lipinski definition) is 4. The fraction of sp³-hybridized carbons (Fsp3) is 0.381. The molecule has 0 aliphatic carbocycles. The van der Waals surface area contributed by atoms with E-state index in [4.69, 9.17) is 10.5 Å². The molecule has 0 aromatic heterocycles. The molecule has 0 unspecified atom stereocenters. The standard InChI is InChI=1S/C21H24F3NO3.ClH/c1-20(2,3)10-16(26)15-8-9-17(18(19(15)27)21(22,23)24)28-12-14-6-4-13(11-25)5-7-14;/h4-9,27H,10-12,25H2,1-3H3;1H. The zero-order valence-corrected chi connectivity index (χ0v) is 17.3. The first kappa shape index (κ1) is 24.8. The lowest BCUT2D eigenvalue weighted by atomic mass is 9.87. The van der Waals surface area contributed by atoms with Crippen LogP contribution in [0.1, 0.15) is 54.2 Å². The van der Waals surface area contributed by atoms with E-state index in [0.717, 1.165) is 11.6 Å². The van der Waals surface area contributed by atoms with Gasteiger partial charge in [-0.05, 0) is 28.7 Å². The second kappa shape index (κ2) is 9.50. The minimum atomic E-state index is -4.87. The zero-order chi connectivity index (χ0) is 21.1. The Morgan fingerprint density at radius 3 is 2.07 bits per heavy atom. The summed E-state index contributed by atoms with van der Waals surface area (Å²) in [7, 11) is 0. The Bertz CT molecular complexity index is 844. The Hall–Kier alpha value is -2.25. The Balaban J connectivity index is 0.00000420. The lowest BCUT2D eigenvalue weighted by molar-refractivity contribution is -0.140. The van der Waals surface area contributed by atoms with Gasteiger partial charge in [0.15, 0.2) is 5.78 Å². The van der Waals surface area contributed by atoms with Crippen LogP contribution < -0.4 is 10.5 Å². The van der Waals surface area contributed by atoms with Crippen molar-refractivity contribution in [1.29, 1.82) is 0 Å². The Morgan fingerprint density at radius 2 is 1.59 bits per heavy atom. The van der Waals surface area contributed by atoms with Crippen LogP contribution in [-0.2, 0) is 19.3 Å². The molecule has 0 fully saturated rings. The molecule has 0 amide bonds. The molecule has 0 aliphatic heterocycles. The summed E-state index contributed by atoms with van der Waals surface area (Å²) in [6, 6.07) is 9.18. The van der Waals surface area contributed by atoms with Gasteiger partial charge in [-0.15, -0.1) is 12.4 Å². The summed E-state index contributed by atoms with van der Waals surface area (Å²) in [6.45, 7) is 5.61. The molecule has 3 N–H and O–H groups in total. The van der Waals surface area contributed by atoms with Gasteiger partial charge in [-0.1, -0.05) is 45.0 Å². The van der Waals surface area contributed by atoms with E-state index in [1.165, 1.54) is 6.07 Å². The highest BCUT2D eigenvalue weighted by molar-refractivity contribution is 5.99. The Morgan fingerprint density at radius 1 is 1.03 bits per heavy atom. The number of aromatic hydroxyl groups is 1. The highest BCUT2D eigenvalue weighted by Crippen LogP contribution is 2.44. The first-order chi connectivity index (χ1) is 12.9. The fourth-order valence-electron chi connectivity index (χ4n) is 2.70. The molecule has 0 spiro atoms. The van der Waals surface area contributed by atoms with Crippen molar-refractivity contribution in [2.75, 3.05) is 0 Å². The van der Waals surface area contributed by atoms with Gasteiger partial charge in [-0.25, -0.2) is 0 Å². The van der Waals surface area contributed by atoms with Gasteiger partial charge >= 0.3 is 6.18 Å². The molecular formula is C21H25ClF3NO3.